The quantitative estimate of drug-likeness (QED) is 0.865. The number of anilines is 1. The molecular formula is C15H13FN2O2. The van der Waals surface area contributed by atoms with Crippen molar-refractivity contribution < 1.29 is 14.0 Å². The third-order valence-electron chi connectivity index (χ3n) is 3.13. The molecule has 1 aliphatic heterocycles. The first-order chi connectivity index (χ1) is 9.72. The predicted molar refractivity (Wildman–Crippen MR) is 72.2 cm³/mol. The van der Waals surface area contributed by atoms with E-state index in [-0.39, 0.29) is 11.8 Å². The summed E-state index contributed by atoms with van der Waals surface area (Å²) >= 11 is 0. The molecule has 0 saturated carbocycles. The molecule has 1 aliphatic rings. The summed E-state index contributed by atoms with van der Waals surface area (Å²) in [7, 11) is 0. The molecule has 2 amide bonds. The molecule has 0 atom stereocenters. The van der Waals surface area contributed by atoms with Gasteiger partial charge in [-0.1, -0.05) is 24.3 Å². The summed E-state index contributed by atoms with van der Waals surface area (Å²) in [6.07, 6.45) is 0. The van der Waals surface area contributed by atoms with Gasteiger partial charge in [-0.05, 0) is 35.4 Å². The molecule has 0 bridgehead atoms. The molecule has 1 N–H and O–H groups in total. The van der Waals surface area contributed by atoms with Crippen molar-refractivity contribution >= 4 is 11.7 Å². The van der Waals surface area contributed by atoms with Crippen molar-refractivity contribution in [1.29, 1.82) is 0 Å². The second-order valence-corrected chi connectivity index (χ2v) is 4.52. The van der Waals surface area contributed by atoms with Gasteiger partial charge in [0.1, 0.15) is 12.4 Å². The topological polar surface area (TPSA) is 41.6 Å². The van der Waals surface area contributed by atoms with Crippen molar-refractivity contribution in [2.75, 3.05) is 5.32 Å². The monoisotopic (exact) mass is 272 g/mol. The van der Waals surface area contributed by atoms with Crippen LogP contribution >= 0.6 is 0 Å². The van der Waals surface area contributed by atoms with Crippen LogP contribution in [-0.4, -0.2) is 11.1 Å². The van der Waals surface area contributed by atoms with Crippen LogP contribution in [0.5, 0.6) is 0 Å². The third-order valence-corrected chi connectivity index (χ3v) is 3.13. The van der Waals surface area contributed by atoms with Gasteiger partial charge in [-0.15, -0.1) is 0 Å². The van der Waals surface area contributed by atoms with Crippen molar-refractivity contribution in [3.63, 3.8) is 0 Å². The van der Waals surface area contributed by atoms with E-state index >= 15 is 0 Å². The summed E-state index contributed by atoms with van der Waals surface area (Å²) in [4.78, 5) is 17.5. The number of carbonyl (C=O) groups is 1. The number of carbonyl (C=O) groups excluding carboxylic acids is 1. The largest absolute Gasteiger partial charge is 0.346 e. The summed E-state index contributed by atoms with van der Waals surface area (Å²) < 4.78 is 12.8. The fourth-order valence-electron chi connectivity index (χ4n) is 2.05. The molecule has 4 nitrogen and oxygen atoms in total. The predicted octanol–water partition coefficient (Wildman–Crippen LogP) is 3.31. The Morgan fingerprint density at radius 2 is 1.80 bits per heavy atom. The number of halogens is 1. The Balaban J connectivity index is 1.68. The van der Waals surface area contributed by atoms with Gasteiger partial charge in [0.15, 0.2) is 0 Å². The highest BCUT2D eigenvalue weighted by Crippen LogP contribution is 2.20. The fourth-order valence-corrected chi connectivity index (χ4v) is 2.05. The van der Waals surface area contributed by atoms with E-state index in [1.807, 2.05) is 24.3 Å². The molecule has 0 spiro atoms. The lowest BCUT2D eigenvalue weighted by molar-refractivity contribution is -0.141. The van der Waals surface area contributed by atoms with Crippen LogP contribution in [0.4, 0.5) is 14.9 Å². The minimum Gasteiger partial charge on any atom is -0.306 e. The highest BCUT2D eigenvalue weighted by atomic mass is 19.1. The van der Waals surface area contributed by atoms with Crippen molar-refractivity contribution in [2.45, 2.75) is 13.2 Å². The molecule has 5 heteroatoms. The number of benzene rings is 2. The van der Waals surface area contributed by atoms with Crippen LogP contribution in [-0.2, 0) is 18.0 Å². The molecule has 0 aliphatic carbocycles. The molecule has 0 unspecified atom stereocenters. The number of fused-ring (bicyclic) bond motifs is 1. The van der Waals surface area contributed by atoms with Gasteiger partial charge in [0, 0.05) is 5.69 Å². The summed E-state index contributed by atoms with van der Waals surface area (Å²) in [6.45, 7) is 0.760. The Bertz CT molecular complexity index is 628. The number of hydrogen-bond acceptors (Lipinski definition) is 2. The standard InChI is InChI=1S/C15H13FN2O2/c16-13-5-7-14(8-6-13)17-15(19)18-9-11-3-1-2-4-12(11)10-20-18/h1-8H,9-10H2,(H,17,19). The molecule has 3 rings (SSSR count). The number of amides is 2. The average molecular weight is 272 g/mol. The minimum atomic E-state index is -0.369. The maximum absolute atomic E-state index is 12.8. The second-order valence-electron chi connectivity index (χ2n) is 4.52. The molecule has 2 aromatic carbocycles. The van der Waals surface area contributed by atoms with Crippen molar-refractivity contribution in [3.8, 4) is 0 Å². The Kier molecular flexibility index (Phi) is 3.35. The summed E-state index contributed by atoms with van der Waals surface area (Å²) in [5.41, 5.74) is 2.67. The Labute approximate surface area is 115 Å². The summed E-state index contributed by atoms with van der Waals surface area (Å²) in [5.74, 6) is -0.342. The van der Waals surface area contributed by atoms with Gasteiger partial charge in [0.05, 0.1) is 6.54 Å². The Morgan fingerprint density at radius 3 is 2.55 bits per heavy atom. The first kappa shape index (κ1) is 12.6. The fraction of sp³-hybridized carbons (Fsp3) is 0.133. The third kappa shape index (κ3) is 2.62. The summed E-state index contributed by atoms with van der Waals surface area (Å²) in [5, 5.41) is 3.93. The van der Waals surface area contributed by atoms with Crippen molar-refractivity contribution in [3.05, 3.63) is 65.5 Å². The summed E-state index contributed by atoms with van der Waals surface area (Å²) in [6, 6.07) is 13.0. The molecule has 1 heterocycles. The van der Waals surface area contributed by atoms with Crippen LogP contribution in [0, 0.1) is 5.82 Å². The molecular weight excluding hydrogens is 259 g/mol. The van der Waals surface area contributed by atoms with Crippen LogP contribution in [0.2, 0.25) is 0 Å². The zero-order valence-electron chi connectivity index (χ0n) is 10.7. The Hall–Kier alpha value is -2.40. The zero-order valence-corrected chi connectivity index (χ0v) is 10.7. The van der Waals surface area contributed by atoms with E-state index in [1.165, 1.54) is 29.3 Å². The van der Waals surface area contributed by atoms with Crippen LogP contribution in [0.3, 0.4) is 0 Å². The van der Waals surface area contributed by atoms with E-state index in [0.29, 0.717) is 18.8 Å². The number of hydrogen-bond donors (Lipinski definition) is 1. The van der Waals surface area contributed by atoms with Gasteiger partial charge in [0.25, 0.3) is 0 Å². The number of nitrogens with zero attached hydrogens (tertiary/aromatic N) is 1. The minimum absolute atomic E-state index is 0.342. The lowest BCUT2D eigenvalue weighted by Crippen LogP contribution is -2.37. The lowest BCUT2D eigenvalue weighted by Gasteiger charge is -2.28. The van der Waals surface area contributed by atoms with Gasteiger partial charge in [-0.2, -0.15) is 5.06 Å². The van der Waals surface area contributed by atoms with Gasteiger partial charge >= 0.3 is 6.03 Å². The molecule has 20 heavy (non-hydrogen) atoms. The lowest BCUT2D eigenvalue weighted by atomic mass is 10.1. The maximum Gasteiger partial charge on any atom is 0.346 e. The highest BCUT2D eigenvalue weighted by Gasteiger charge is 2.21. The van der Waals surface area contributed by atoms with Gasteiger partial charge in [-0.3, -0.25) is 4.84 Å². The molecule has 0 saturated heterocycles. The van der Waals surface area contributed by atoms with Crippen LogP contribution in [0.15, 0.2) is 48.5 Å². The highest BCUT2D eigenvalue weighted by molar-refractivity contribution is 5.88. The molecule has 102 valence electrons. The van der Waals surface area contributed by atoms with E-state index in [2.05, 4.69) is 5.32 Å². The van der Waals surface area contributed by atoms with Crippen LogP contribution in [0.25, 0.3) is 0 Å². The SMILES string of the molecule is O=C(Nc1ccc(F)cc1)N1Cc2ccccc2CO1. The zero-order chi connectivity index (χ0) is 13.9. The number of nitrogens with one attached hydrogen (secondary N) is 1. The van der Waals surface area contributed by atoms with E-state index in [4.69, 9.17) is 4.84 Å². The first-order valence-corrected chi connectivity index (χ1v) is 6.26. The van der Waals surface area contributed by atoms with E-state index in [1.54, 1.807) is 0 Å². The maximum atomic E-state index is 12.8. The molecule has 2 aromatic rings. The van der Waals surface area contributed by atoms with Crippen molar-refractivity contribution in [2.24, 2.45) is 0 Å². The van der Waals surface area contributed by atoms with E-state index in [9.17, 15) is 9.18 Å². The van der Waals surface area contributed by atoms with Gasteiger partial charge < -0.3 is 5.32 Å². The molecule has 0 aromatic heterocycles. The number of urea groups is 1. The van der Waals surface area contributed by atoms with Crippen molar-refractivity contribution in [1.82, 2.24) is 5.06 Å². The van der Waals surface area contributed by atoms with E-state index < -0.39 is 0 Å². The number of rotatable bonds is 1. The molecule has 0 fully saturated rings. The average Bonchev–Trinajstić information content (AvgIpc) is 2.49. The molecule has 0 radical (unpaired) electrons. The van der Waals surface area contributed by atoms with E-state index in [0.717, 1.165) is 11.1 Å². The normalized spacial score (nSPS) is 13.8. The van der Waals surface area contributed by atoms with Crippen LogP contribution in [0.1, 0.15) is 11.1 Å². The second kappa shape index (κ2) is 5.30. The van der Waals surface area contributed by atoms with Crippen LogP contribution < -0.4 is 5.32 Å². The Morgan fingerprint density at radius 1 is 1.10 bits per heavy atom. The van der Waals surface area contributed by atoms with Gasteiger partial charge in [-0.25, -0.2) is 9.18 Å². The van der Waals surface area contributed by atoms with Gasteiger partial charge in [0.2, 0.25) is 0 Å². The smallest absolute Gasteiger partial charge is 0.306 e. The number of hydroxylamine groups is 2. The first-order valence-electron chi connectivity index (χ1n) is 6.26.